The molecule has 3 N–H and O–H groups in total. The Labute approximate surface area is 134 Å². The highest BCUT2D eigenvalue weighted by Crippen LogP contribution is 2.11. The van der Waals surface area contributed by atoms with E-state index in [1.54, 1.807) is 0 Å². The van der Waals surface area contributed by atoms with E-state index in [0.29, 0.717) is 19.4 Å². The van der Waals surface area contributed by atoms with Crippen LogP contribution in [0.1, 0.15) is 64.2 Å². The van der Waals surface area contributed by atoms with Crippen LogP contribution in [0.25, 0.3) is 0 Å². The van der Waals surface area contributed by atoms with E-state index >= 15 is 0 Å². The lowest BCUT2D eigenvalue weighted by molar-refractivity contribution is -0.144. The standard InChI is InChI=1S/C16H33NO3S/c17-11-15-21-14-8-6-4-2-1-3-5-7-10-16(19)20-13-9-12-18/h18H,1-15,17H2. The monoisotopic (exact) mass is 319 g/mol. The second-order valence-electron chi connectivity index (χ2n) is 5.28. The Kier molecular flexibility index (Phi) is 17.6. The highest BCUT2D eigenvalue weighted by atomic mass is 32.2. The number of aliphatic hydroxyl groups is 1. The predicted molar refractivity (Wildman–Crippen MR) is 90.6 cm³/mol. The average Bonchev–Trinajstić information content (AvgIpc) is 2.48. The molecule has 0 saturated heterocycles. The number of carbonyl (C=O) groups is 1. The Balaban J connectivity index is 3.06. The lowest BCUT2D eigenvalue weighted by Crippen LogP contribution is -2.06. The van der Waals surface area contributed by atoms with E-state index in [1.807, 2.05) is 11.8 Å². The molecule has 4 nitrogen and oxygen atoms in total. The van der Waals surface area contributed by atoms with Crippen LogP contribution < -0.4 is 5.73 Å². The van der Waals surface area contributed by atoms with Gasteiger partial charge in [0.15, 0.2) is 0 Å². The van der Waals surface area contributed by atoms with Gasteiger partial charge in [-0.3, -0.25) is 4.79 Å². The van der Waals surface area contributed by atoms with Gasteiger partial charge in [0.25, 0.3) is 0 Å². The van der Waals surface area contributed by atoms with Crippen molar-refractivity contribution in [2.45, 2.75) is 64.2 Å². The maximum absolute atomic E-state index is 11.3. The van der Waals surface area contributed by atoms with Gasteiger partial charge in [-0.15, -0.1) is 0 Å². The van der Waals surface area contributed by atoms with Crippen molar-refractivity contribution in [3.63, 3.8) is 0 Å². The van der Waals surface area contributed by atoms with E-state index < -0.39 is 0 Å². The minimum atomic E-state index is -0.126. The number of hydrogen-bond donors (Lipinski definition) is 2. The van der Waals surface area contributed by atoms with E-state index in [9.17, 15) is 4.79 Å². The number of hydrogen-bond acceptors (Lipinski definition) is 5. The van der Waals surface area contributed by atoms with Gasteiger partial charge in [0.2, 0.25) is 0 Å². The zero-order valence-electron chi connectivity index (χ0n) is 13.4. The molecule has 0 bridgehead atoms. The third-order valence-corrected chi connectivity index (χ3v) is 4.35. The van der Waals surface area contributed by atoms with Crippen molar-refractivity contribution in [2.75, 3.05) is 31.3 Å². The van der Waals surface area contributed by atoms with Gasteiger partial charge >= 0.3 is 5.97 Å². The van der Waals surface area contributed by atoms with Crippen molar-refractivity contribution in [3.05, 3.63) is 0 Å². The molecule has 0 spiro atoms. The summed E-state index contributed by atoms with van der Waals surface area (Å²) in [6, 6.07) is 0. The maximum atomic E-state index is 11.3. The van der Waals surface area contributed by atoms with Crippen molar-refractivity contribution < 1.29 is 14.6 Å². The fourth-order valence-corrected chi connectivity index (χ4v) is 2.82. The van der Waals surface area contributed by atoms with Crippen LogP contribution >= 0.6 is 11.8 Å². The molecule has 0 aliphatic carbocycles. The molecule has 0 aromatic carbocycles. The predicted octanol–water partition coefficient (Wildman–Crippen LogP) is 3.11. The topological polar surface area (TPSA) is 72.6 Å². The minimum Gasteiger partial charge on any atom is -0.466 e. The van der Waals surface area contributed by atoms with Crippen LogP contribution in [0.5, 0.6) is 0 Å². The fourth-order valence-electron chi connectivity index (χ4n) is 2.04. The summed E-state index contributed by atoms with van der Waals surface area (Å²) >= 11 is 1.96. The SMILES string of the molecule is NCCSCCCCCCCCCCC(=O)OCCCO. The van der Waals surface area contributed by atoms with Crippen LogP contribution in [-0.2, 0) is 9.53 Å². The van der Waals surface area contributed by atoms with Crippen molar-refractivity contribution >= 4 is 17.7 Å². The first-order valence-electron chi connectivity index (χ1n) is 8.35. The molecule has 0 amide bonds. The zero-order valence-corrected chi connectivity index (χ0v) is 14.2. The third-order valence-electron chi connectivity index (χ3n) is 3.25. The van der Waals surface area contributed by atoms with Crippen LogP contribution in [0.3, 0.4) is 0 Å². The van der Waals surface area contributed by atoms with E-state index in [0.717, 1.165) is 25.1 Å². The summed E-state index contributed by atoms with van der Waals surface area (Å²) < 4.78 is 4.97. The molecular weight excluding hydrogens is 286 g/mol. The number of thioether (sulfide) groups is 1. The summed E-state index contributed by atoms with van der Waals surface area (Å²) in [4.78, 5) is 11.3. The summed E-state index contributed by atoms with van der Waals surface area (Å²) in [5.41, 5.74) is 5.44. The average molecular weight is 320 g/mol. The molecule has 126 valence electrons. The summed E-state index contributed by atoms with van der Waals surface area (Å²) in [6.07, 6.45) is 10.9. The molecule has 0 radical (unpaired) electrons. The Morgan fingerprint density at radius 2 is 1.52 bits per heavy atom. The molecule has 0 aliphatic rings. The van der Waals surface area contributed by atoms with Gasteiger partial charge in [-0.05, 0) is 18.6 Å². The second-order valence-corrected chi connectivity index (χ2v) is 6.50. The number of esters is 1. The first-order chi connectivity index (χ1) is 10.3. The van der Waals surface area contributed by atoms with Gasteiger partial charge in [0.1, 0.15) is 0 Å². The molecule has 21 heavy (non-hydrogen) atoms. The summed E-state index contributed by atoms with van der Waals surface area (Å²) in [5, 5.41) is 8.57. The Hall–Kier alpha value is -0.260. The van der Waals surface area contributed by atoms with E-state index in [-0.39, 0.29) is 12.6 Å². The molecule has 0 aromatic rings. The smallest absolute Gasteiger partial charge is 0.305 e. The number of ether oxygens (including phenoxy) is 1. The molecule has 0 heterocycles. The number of nitrogens with two attached hydrogens (primary N) is 1. The number of carbonyl (C=O) groups excluding carboxylic acids is 1. The van der Waals surface area contributed by atoms with Gasteiger partial charge in [0.05, 0.1) is 6.61 Å². The third kappa shape index (κ3) is 17.7. The second kappa shape index (κ2) is 17.8. The lowest BCUT2D eigenvalue weighted by Gasteiger charge is -2.04. The Bertz CT molecular complexity index is 228. The molecule has 0 aliphatic heterocycles. The number of rotatable bonds is 16. The Morgan fingerprint density at radius 1 is 0.905 bits per heavy atom. The molecule has 0 aromatic heterocycles. The van der Waals surface area contributed by atoms with Crippen molar-refractivity contribution in [1.82, 2.24) is 0 Å². The van der Waals surface area contributed by atoms with E-state index in [2.05, 4.69) is 0 Å². The number of aliphatic hydroxyl groups excluding tert-OH is 1. The molecule has 0 saturated carbocycles. The first kappa shape index (κ1) is 20.7. The largest absolute Gasteiger partial charge is 0.466 e. The van der Waals surface area contributed by atoms with Crippen molar-refractivity contribution in [1.29, 1.82) is 0 Å². The van der Waals surface area contributed by atoms with Crippen LogP contribution in [0.4, 0.5) is 0 Å². The lowest BCUT2D eigenvalue weighted by atomic mass is 10.1. The first-order valence-corrected chi connectivity index (χ1v) is 9.51. The van der Waals surface area contributed by atoms with Crippen LogP contribution in [0.2, 0.25) is 0 Å². The molecular formula is C16H33NO3S. The highest BCUT2D eigenvalue weighted by Gasteiger charge is 2.01. The zero-order chi connectivity index (χ0) is 15.6. The highest BCUT2D eigenvalue weighted by molar-refractivity contribution is 7.99. The van der Waals surface area contributed by atoms with E-state index in [1.165, 1.54) is 44.3 Å². The van der Waals surface area contributed by atoms with Gasteiger partial charge in [-0.2, -0.15) is 11.8 Å². The molecule has 5 heteroatoms. The van der Waals surface area contributed by atoms with Crippen LogP contribution in [0, 0.1) is 0 Å². The van der Waals surface area contributed by atoms with Gasteiger partial charge in [-0.1, -0.05) is 38.5 Å². The molecule has 0 rings (SSSR count). The molecule has 0 unspecified atom stereocenters. The molecule has 0 atom stereocenters. The number of unbranched alkanes of at least 4 members (excludes halogenated alkanes) is 7. The van der Waals surface area contributed by atoms with Crippen LogP contribution in [0.15, 0.2) is 0 Å². The normalized spacial score (nSPS) is 10.8. The van der Waals surface area contributed by atoms with Crippen molar-refractivity contribution in [3.8, 4) is 0 Å². The summed E-state index contributed by atoms with van der Waals surface area (Å²) in [7, 11) is 0. The summed E-state index contributed by atoms with van der Waals surface area (Å²) in [6.45, 7) is 1.22. The van der Waals surface area contributed by atoms with E-state index in [4.69, 9.17) is 15.6 Å². The Morgan fingerprint density at radius 3 is 2.14 bits per heavy atom. The quantitative estimate of drug-likeness (QED) is 0.338. The fraction of sp³-hybridized carbons (Fsp3) is 0.938. The van der Waals surface area contributed by atoms with Gasteiger partial charge in [-0.25, -0.2) is 0 Å². The maximum Gasteiger partial charge on any atom is 0.305 e. The minimum absolute atomic E-state index is 0.0823. The van der Waals surface area contributed by atoms with Crippen LogP contribution in [-0.4, -0.2) is 42.3 Å². The van der Waals surface area contributed by atoms with Gasteiger partial charge in [0, 0.05) is 31.7 Å². The summed E-state index contributed by atoms with van der Waals surface area (Å²) in [5.74, 6) is 2.20. The molecule has 0 fully saturated rings. The van der Waals surface area contributed by atoms with Gasteiger partial charge < -0.3 is 15.6 Å². The van der Waals surface area contributed by atoms with Crippen molar-refractivity contribution in [2.24, 2.45) is 5.73 Å².